The Morgan fingerprint density at radius 1 is 0.960 bits per heavy atom. The Morgan fingerprint density at radius 2 is 1.64 bits per heavy atom. The van der Waals surface area contributed by atoms with Crippen molar-refractivity contribution < 1.29 is 8.42 Å². The van der Waals surface area contributed by atoms with Crippen LogP contribution in [-0.4, -0.2) is 18.6 Å². The number of benzene rings is 2. The van der Waals surface area contributed by atoms with Crippen molar-refractivity contribution in [2.75, 3.05) is 4.72 Å². The van der Waals surface area contributed by atoms with E-state index in [4.69, 9.17) is 0 Å². The van der Waals surface area contributed by atoms with Crippen LogP contribution in [0, 0.1) is 13.8 Å². The van der Waals surface area contributed by atoms with Crippen molar-refractivity contribution in [1.82, 2.24) is 10.2 Å². The predicted molar refractivity (Wildman–Crippen MR) is 95.9 cm³/mol. The number of para-hydroxylation sites is 1. The molecule has 25 heavy (non-hydrogen) atoms. The van der Waals surface area contributed by atoms with Crippen LogP contribution < -0.4 is 4.72 Å². The molecule has 0 fully saturated rings. The smallest absolute Gasteiger partial charge is 0.261 e. The van der Waals surface area contributed by atoms with E-state index in [0.29, 0.717) is 17.1 Å². The minimum Gasteiger partial charge on any atom is -0.280 e. The Balaban J connectivity index is 1.78. The highest BCUT2D eigenvalue weighted by Crippen LogP contribution is 2.24. The minimum absolute atomic E-state index is 0.158. The summed E-state index contributed by atoms with van der Waals surface area (Å²) in [4.78, 5) is 0.158. The van der Waals surface area contributed by atoms with Crippen molar-refractivity contribution in [3.63, 3.8) is 0 Å². The summed E-state index contributed by atoms with van der Waals surface area (Å²) in [6, 6.07) is 14.9. The molecule has 0 aliphatic heterocycles. The summed E-state index contributed by atoms with van der Waals surface area (Å²) in [6.07, 6.45) is 0. The summed E-state index contributed by atoms with van der Waals surface area (Å²) in [5, 5.41) is 15.2. The fourth-order valence-electron chi connectivity index (χ4n) is 2.21. The fourth-order valence-corrected chi connectivity index (χ4v) is 3.27. The molecule has 3 aromatic rings. The first kappa shape index (κ1) is 16.8. The van der Waals surface area contributed by atoms with Gasteiger partial charge in [-0.05, 0) is 50.2 Å². The van der Waals surface area contributed by atoms with Crippen molar-refractivity contribution in [3.05, 3.63) is 66.0 Å². The first-order chi connectivity index (χ1) is 12.0. The summed E-state index contributed by atoms with van der Waals surface area (Å²) in [7, 11) is -3.64. The quantitative estimate of drug-likeness (QED) is 0.669. The van der Waals surface area contributed by atoms with Crippen LogP contribution in [0.1, 0.15) is 11.4 Å². The largest absolute Gasteiger partial charge is 0.280 e. The van der Waals surface area contributed by atoms with E-state index in [9.17, 15) is 8.42 Å². The highest BCUT2D eigenvalue weighted by molar-refractivity contribution is 7.92. The van der Waals surface area contributed by atoms with Gasteiger partial charge in [-0.2, -0.15) is 10.2 Å². The second-order valence-electron chi connectivity index (χ2n) is 5.45. The SMILES string of the molecule is Cc1n[nH]c(C)c1N=Nc1ccc(S(=O)(=O)Nc2ccccc2)cc1. The second kappa shape index (κ2) is 6.86. The number of aromatic amines is 1. The van der Waals surface area contributed by atoms with E-state index in [1.807, 2.05) is 19.9 Å². The number of rotatable bonds is 5. The van der Waals surface area contributed by atoms with Crippen molar-refractivity contribution >= 4 is 27.1 Å². The molecule has 128 valence electrons. The molecule has 7 nitrogen and oxygen atoms in total. The first-order valence-corrected chi connectivity index (χ1v) is 9.05. The van der Waals surface area contributed by atoms with Crippen molar-refractivity contribution in [1.29, 1.82) is 0 Å². The maximum atomic E-state index is 12.4. The average Bonchev–Trinajstić information content (AvgIpc) is 2.92. The summed E-state index contributed by atoms with van der Waals surface area (Å²) in [5.41, 5.74) is 3.33. The Kier molecular flexibility index (Phi) is 4.62. The molecule has 1 heterocycles. The second-order valence-corrected chi connectivity index (χ2v) is 7.13. The number of aromatic nitrogens is 2. The van der Waals surface area contributed by atoms with Gasteiger partial charge in [0.05, 0.1) is 22.0 Å². The van der Waals surface area contributed by atoms with E-state index in [-0.39, 0.29) is 4.90 Å². The monoisotopic (exact) mass is 355 g/mol. The number of hydrogen-bond donors (Lipinski definition) is 2. The summed E-state index contributed by atoms with van der Waals surface area (Å²) in [6.45, 7) is 3.70. The summed E-state index contributed by atoms with van der Waals surface area (Å²) in [5.74, 6) is 0. The highest BCUT2D eigenvalue weighted by Gasteiger charge is 2.13. The first-order valence-electron chi connectivity index (χ1n) is 7.57. The Morgan fingerprint density at radius 3 is 2.24 bits per heavy atom. The summed E-state index contributed by atoms with van der Waals surface area (Å²) < 4.78 is 27.3. The lowest BCUT2D eigenvalue weighted by molar-refractivity contribution is 0.601. The highest BCUT2D eigenvalue weighted by atomic mass is 32.2. The Hall–Kier alpha value is -3.00. The molecule has 0 aliphatic rings. The zero-order valence-corrected chi connectivity index (χ0v) is 14.6. The lowest BCUT2D eigenvalue weighted by atomic mass is 10.3. The summed E-state index contributed by atoms with van der Waals surface area (Å²) >= 11 is 0. The predicted octanol–water partition coefficient (Wildman–Crippen LogP) is 4.24. The molecule has 2 N–H and O–H groups in total. The van der Waals surface area contributed by atoms with Gasteiger partial charge in [0.25, 0.3) is 10.0 Å². The maximum absolute atomic E-state index is 12.4. The van der Waals surface area contributed by atoms with Crippen LogP contribution in [0.15, 0.2) is 69.7 Å². The molecule has 2 aromatic carbocycles. The number of sulfonamides is 1. The van der Waals surface area contributed by atoms with Gasteiger partial charge < -0.3 is 0 Å². The van der Waals surface area contributed by atoms with Gasteiger partial charge in [-0.1, -0.05) is 18.2 Å². The van der Waals surface area contributed by atoms with Crippen LogP contribution in [0.3, 0.4) is 0 Å². The van der Waals surface area contributed by atoms with Gasteiger partial charge in [-0.3, -0.25) is 9.82 Å². The molecule has 0 atom stereocenters. The van der Waals surface area contributed by atoms with Crippen molar-refractivity contribution in [2.45, 2.75) is 18.7 Å². The van der Waals surface area contributed by atoms with Gasteiger partial charge in [-0.25, -0.2) is 8.42 Å². The van der Waals surface area contributed by atoms with Crippen LogP contribution in [0.4, 0.5) is 17.1 Å². The minimum atomic E-state index is -3.64. The van der Waals surface area contributed by atoms with Crippen molar-refractivity contribution in [2.24, 2.45) is 10.2 Å². The molecule has 0 radical (unpaired) electrons. The van der Waals surface area contributed by atoms with Crippen LogP contribution in [0.2, 0.25) is 0 Å². The number of anilines is 1. The lowest BCUT2D eigenvalue weighted by Crippen LogP contribution is -2.12. The Labute approximate surface area is 145 Å². The maximum Gasteiger partial charge on any atom is 0.261 e. The number of aryl methyl sites for hydroxylation is 2. The zero-order chi connectivity index (χ0) is 17.9. The van der Waals surface area contributed by atoms with E-state index >= 15 is 0 Å². The van der Waals surface area contributed by atoms with E-state index in [1.165, 1.54) is 12.1 Å². The van der Waals surface area contributed by atoms with Gasteiger partial charge in [0, 0.05) is 5.69 Å². The molecule has 8 heteroatoms. The third-order valence-electron chi connectivity index (χ3n) is 3.53. The molecule has 3 rings (SSSR count). The zero-order valence-electron chi connectivity index (χ0n) is 13.8. The molecular formula is C17H17N5O2S. The molecule has 0 saturated heterocycles. The van der Waals surface area contributed by atoms with Crippen LogP contribution in [0.5, 0.6) is 0 Å². The van der Waals surface area contributed by atoms with E-state index in [0.717, 1.165) is 11.4 Å². The van der Waals surface area contributed by atoms with Crippen molar-refractivity contribution in [3.8, 4) is 0 Å². The molecule has 1 aromatic heterocycles. The van der Waals surface area contributed by atoms with Crippen LogP contribution in [-0.2, 0) is 10.0 Å². The average molecular weight is 355 g/mol. The van der Waals surface area contributed by atoms with Crippen LogP contribution in [0.25, 0.3) is 0 Å². The normalized spacial score (nSPS) is 11.8. The number of H-pyrrole nitrogens is 1. The Bertz CT molecular complexity index is 974. The molecule has 0 aliphatic carbocycles. The molecule has 0 amide bonds. The fraction of sp³-hybridized carbons (Fsp3) is 0.118. The van der Waals surface area contributed by atoms with Gasteiger partial charge in [0.15, 0.2) is 0 Å². The van der Waals surface area contributed by atoms with Gasteiger partial charge in [0.1, 0.15) is 5.69 Å². The molecular weight excluding hydrogens is 338 g/mol. The van der Waals surface area contributed by atoms with E-state index in [2.05, 4.69) is 25.1 Å². The van der Waals surface area contributed by atoms with E-state index in [1.54, 1.807) is 36.4 Å². The van der Waals surface area contributed by atoms with Gasteiger partial charge >= 0.3 is 0 Å². The molecule has 0 saturated carbocycles. The topological polar surface area (TPSA) is 99.6 Å². The lowest BCUT2D eigenvalue weighted by Gasteiger charge is -2.07. The van der Waals surface area contributed by atoms with Crippen LogP contribution >= 0.6 is 0 Å². The number of hydrogen-bond acceptors (Lipinski definition) is 5. The molecule has 0 unspecified atom stereocenters. The van der Waals surface area contributed by atoms with Gasteiger partial charge in [-0.15, -0.1) is 5.11 Å². The third-order valence-corrected chi connectivity index (χ3v) is 4.92. The molecule has 0 spiro atoms. The molecule has 0 bridgehead atoms. The van der Waals surface area contributed by atoms with Gasteiger partial charge in [0.2, 0.25) is 0 Å². The number of nitrogens with one attached hydrogen (secondary N) is 2. The van der Waals surface area contributed by atoms with E-state index < -0.39 is 10.0 Å². The standard InChI is InChI=1S/C17H17N5O2S/c1-12-17(13(2)19-18-12)21-20-14-8-10-16(11-9-14)25(23,24)22-15-6-4-3-5-7-15/h3-11,22H,1-2H3,(H,18,19). The number of nitrogens with zero attached hydrogens (tertiary/aromatic N) is 3. The number of azo groups is 1. The third kappa shape index (κ3) is 3.92.